The first-order valence-electron chi connectivity index (χ1n) is 6.24. The Morgan fingerprint density at radius 1 is 1.35 bits per heavy atom. The van der Waals surface area contributed by atoms with Gasteiger partial charge in [0.05, 0.1) is 11.4 Å². The molecular weight excluding hydrogens is 296 g/mol. The second-order valence-corrected chi connectivity index (χ2v) is 7.14. The first-order valence-corrected chi connectivity index (χ1v) is 8.54. The van der Waals surface area contributed by atoms with E-state index in [2.05, 4.69) is 20.0 Å². The molecule has 0 unspecified atom stereocenters. The molecule has 0 amide bonds. The van der Waals surface area contributed by atoms with Crippen molar-refractivity contribution in [1.29, 1.82) is 0 Å². The van der Waals surface area contributed by atoms with Crippen molar-refractivity contribution in [2.45, 2.75) is 24.3 Å². The molecule has 2 aromatic heterocycles. The molecule has 0 saturated heterocycles. The first kappa shape index (κ1) is 13.3. The number of sulfonamides is 1. The maximum Gasteiger partial charge on any atom is 0.283 e. The molecule has 0 radical (unpaired) electrons. The lowest BCUT2D eigenvalue weighted by molar-refractivity contribution is 0.598. The van der Waals surface area contributed by atoms with Gasteiger partial charge >= 0.3 is 0 Å². The van der Waals surface area contributed by atoms with Crippen LogP contribution in [0.2, 0.25) is 0 Å². The predicted molar refractivity (Wildman–Crippen MR) is 78.7 cm³/mol. The van der Waals surface area contributed by atoms with Crippen LogP contribution in [-0.2, 0) is 22.9 Å². The number of aryl methyl sites for hydroxylation is 2. The van der Waals surface area contributed by atoms with Crippen molar-refractivity contribution in [3.8, 4) is 0 Å². The van der Waals surface area contributed by atoms with E-state index in [1.165, 1.54) is 22.4 Å². The topological polar surface area (TPSA) is 84.0 Å². The number of pyridine rings is 1. The molecular formula is C12H14N4O2S2. The molecule has 1 aliphatic rings. The van der Waals surface area contributed by atoms with E-state index < -0.39 is 10.0 Å². The fourth-order valence-corrected chi connectivity index (χ4v) is 4.62. The molecule has 0 fully saturated rings. The van der Waals surface area contributed by atoms with Gasteiger partial charge in [0, 0.05) is 18.1 Å². The molecule has 2 N–H and O–H groups in total. The van der Waals surface area contributed by atoms with E-state index in [9.17, 15) is 8.42 Å². The third kappa shape index (κ3) is 2.36. The van der Waals surface area contributed by atoms with E-state index in [-0.39, 0.29) is 5.03 Å². The van der Waals surface area contributed by atoms with Crippen LogP contribution in [-0.4, -0.2) is 25.4 Å². The average molecular weight is 310 g/mol. The van der Waals surface area contributed by atoms with Gasteiger partial charge in [0.1, 0.15) is 0 Å². The standard InChI is InChI=1S/C12H14N4O2S2/c1-13-9-5-3-7-14-11(9)20(17,18)16-12-15-8-4-2-6-10(8)19-12/h3,5,7,13H,2,4,6H2,1H3,(H,15,16). The summed E-state index contributed by atoms with van der Waals surface area (Å²) in [5.41, 5.74) is 1.48. The smallest absolute Gasteiger partial charge is 0.283 e. The molecule has 3 rings (SSSR count). The van der Waals surface area contributed by atoms with E-state index in [1.807, 2.05) is 0 Å². The highest BCUT2D eigenvalue weighted by molar-refractivity contribution is 7.93. The van der Waals surface area contributed by atoms with Gasteiger partial charge in [0.2, 0.25) is 0 Å². The van der Waals surface area contributed by atoms with E-state index in [0.29, 0.717) is 10.8 Å². The number of anilines is 2. The van der Waals surface area contributed by atoms with Crippen molar-refractivity contribution in [2.24, 2.45) is 0 Å². The average Bonchev–Trinajstić information content (AvgIpc) is 2.99. The van der Waals surface area contributed by atoms with Crippen LogP contribution < -0.4 is 10.0 Å². The second kappa shape index (κ2) is 5.02. The van der Waals surface area contributed by atoms with E-state index in [1.54, 1.807) is 19.2 Å². The Morgan fingerprint density at radius 3 is 2.95 bits per heavy atom. The number of nitrogens with zero attached hydrogens (tertiary/aromatic N) is 2. The molecule has 0 saturated carbocycles. The van der Waals surface area contributed by atoms with Crippen LogP contribution in [0.25, 0.3) is 0 Å². The molecule has 0 atom stereocenters. The maximum absolute atomic E-state index is 12.4. The zero-order chi connectivity index (χ0) is 14.2. The summed E-state index contributed by atoms with van der Waals surface area (Å²) in [6.07, 6.45) is 4.47. The van der Waals surface area contributed by atoms with Gasteiger partial charge in [0.15, 0.2) is 10.2 Å². The van der Waals surface area contributed by atoms with Crippen LogP contribution in [0.4, 0.5) is 10.8 Å². The van der Waals surface area contributed by atoms with E-state index >= 15 is 0 Å². The Hall–Kier alpha value is -1.67. The summed E-state index contributed by atoms with van der Waals surface area (Å²) < 4.78 is 27.2. The van der Waals surface area contributed by atoms with Crippen molar-refractivity contribution in [2.75, 3.05) is 17.1 Å². The van der Waals surface area contributed by atoms with Crippen LogP contribution in [0.3, 0.4) is 0 Å². The van der Waals surface area contributed by atoms with Crippen LogP contribution in [0, 0.1) is 0 Å². The molecule has 8 heteroatoms. The first-order chi connectivity index (χ1) is 9.60. The van der Waals surface area contributed by atoms with E-state index in [0.717, 1.165) is 25.0 Å². The summed E-state index contributed by atoms with van der Waals surface area (Å²) in [5.74, 6) is 0. The Balaban J connectivity index is 1.92. The number of hydrogen-bond acceptors (Lipinski definition) is 6. The molecule has 1 aliphatic carbocycles. The van der Waals surface area contributed by atoms with Crippen molar-refractivity contribution in [3.63, 3.8) is 0 Å². The third-order valence-corrected chi connectivity index (χ3v) is 5.61. The minimum Gasteiger partial charge on any atom is -0.386 e. The lowest BCUT2D eigenvalue weighted by Crippen LogP contribution is -2.16. The quantitative estimate of drug-likeness (QED) is 0.900. The van der Waals surface area contributed by atoms with E-state index in [4.69, 9.17) is 0 Å². The van der Waals surface area contributed by atoms with Crippen LogP contribution in [0.15, 0.2) is 23.4 Å². The zero-order valence-electron chi connectivity index (χ0n) is 10.9. The second-order valence-electron chi connectivity index (χ2n) is 4.45. The van der Waals surface area contributed by atoms with Crippen molar-refractivity contribution >= 4 is 32.2 Å². The van der Waals surface area contributed by atoms with Gasteiger partial charge < -0.3 is 5.32 Å². The van der Waals surface area contributed by atoms with Crippen LogP contribution in [0.5, 0.6) is 0 Å². The third-order valence-electron chi connectivity index (χ3n) is 3.11. The van der Waals surface area contributed by atoms with Crippen molar-refractivity contribution in [3.05, 3.63) is 28.9 Å². The number of rotatable bonds is 4. The summed E-state index contributed by atoms with van der Waals surface area (Å²) in [6.45, 7) is 0. The highest BCUT2D eigenvalue weighted by Crippen LogP contribution is 2.32. The van der Waals surface area contributed by atoms with Gasteiger partial charge in [-0.15, -0.1) is 11.3 Å². The largest absolute Gasteiger partial charge is 0.386 e. The van der Waals surface area contributed by atoms with Crippen LogP contribution >= 0.6 is 11.3 Å². The Bertz CT molecular complexity index is 718. The number of hydrogen-bond donors (Lipinski definition) is 2. The molecule has 0 bridgehead atoms. The number of thiazole rings is 1. The van der Waals surface area contributed by atoms with Gasteiger partial charge in [-0.3, -0.25) is 4.72 Å². The zero-order valence-corrected chi connectivity index (χ0v) is 12.5. The SMILES string of the molecule is CNc1cccnc1S(=O)(=O)Nc1nc2c(s1)CCC2. The molecule has 0 aromatic carbocycles. The van der Waals surface area contributed by atoms with Gasteiger partial charge in [-0.1, -0.05) is 0 Å². The van der Waals surface area contributed by atoms with Crippen molar-refractivity contribution in [1.82, 2.24) is 9.97 Å². The molecule has 2 aromatic rings. The highest BCUT2D eigenvalue weighted by atomic mass is 32.2. The Labute approximate surface area is 121 Å². The van der Waals surface area contributed by atoms with Gasteiger partial charge in [-0.2, -0.15) is 8.42 Å². The summed E-state index contributed by atoms with van der Waals surface area (Å²) >= 11 is 1.41. The fourth-order valence-electron chi connectivity index (χ4n) is 2.19. The Kier molecular flexibility index (Phi) is 3.35. The molecule has 106 valence electrons. The Morgan fingerprint density at radius 2 is 2.20 bits per heavy atom. The van der Waals surface area contributed by atoms with Crippen LogP contribution in [0.1, 0.15) is 17.0 Å². The lowest BCUT2D eigenvalue weighted by Gasteiger charge is -2.08. The number of nitrogens with one attached hydrogen (secondary N) is 2. The molecule has 6 nitrogen and oxygen atoms in total. The van der Waals surface area contributed by atoms with Gasteiger partial charge in [-0.25, -0.2) is 9.97 Å². The lowest BCUT2D eigenvalue weighted by atomic mass is 10.4. The maximum atomic E-state index is 12.4. The molecule has 2 heterocycles. The monoisotopic (exact) mass is 310 g/mol. The molecule has 0 spiro atoms. The number of aromatic nitrogens is 2. The fraction of sp³-hybridized carbons (Fsp3) is 0.333. The molecule has 20 heavy (non-hydrogen) atoms. The highest BCUT2D eigenvalue weighted by Gasteiger charge is 2.23. The van der Waals surface area contributed by atoms with Gasteiger partial charge in [0.25, 0.3) is 10.0 Å². The summed E-state index contributed by atoms with van der Waals surface area (Å²) in [5, 5.41) is 3.23. The summed E-state index contributed by atoms with van der Waals surface area (Å²) in [4.78, 5) is 9.46. The molecule has 0 aliphatic heterocycles. The van der Waals surface area contributed by atoms with Crippen molar-refractivity contribution < 1.29 is 8.42 Å². The normalized spacial score (nSPS) is 14.1. The minimum atomic E-state index is -3.72. The summed E-state index contributed by atoms with van der Waals surface area (Å²) in [7, 11) is -2.06. The predicted octanol–water partition coefficient (Wildman–Crippen LogP) is 1.87. The summed E-state index contributed by atoms with van der Waals surface area (Å²) in [6, 6.07) is 3.35. The number of fused-ring (bicyclic) bond motifs is 1. The van der Waals surface area contributed by atoms with Gasteiger partial charge in [-0.05, 0) is 31.4 Å². The minimum absolute atomic E-state index is 0.0159.